The third-order valence-corrected chi connectivity index (χ3v) is 3.53. The van der Waals surface area contributed by atoms with Crippen LogP contribution in [0.2, 0.25) is 0 Å². The molecule has 1 N–H and O–H groups in total. The van der Waals surface area contributed by atoms with Crippen LogP contribution in [-0.4, -0.2) is 12.2 Å². The van der Waals surface area contributed by atoms with E-state index < -0.39 is 0 Å². The van der Waals surface area contributed by atoms with Gasteiger partial charge in [-0.3, -0.25) is 0 Å². The second-order valence-electron chi connectivity index (χ2n) is 5.45. The molecule has 2 rings (SSSR count). The van der Waals surface area contributed by atoms with Crippen LogP contribution in [0.4, 0.5) is 0 Å². The first kappa shape index (κ1) is 11.5. The molecular formula is C14H20O2. The van der Waals surface area contributed by atoms with Crippen LogP contribution in [0.3, 0.4) is 0 Å². The number of rotatable bonds is 1. The third kappa shape index (κ3) is 2.22. The van der Waals surface area contributed by atoms with E-state index in [1.54, 1.807) is 7.11 Å². The van der Waals surface area contributed by atoms with Gasteiger partial charge < -0.3 is 9.84 Å². The minimum atomic E-state index is -0.359. The lowest BCUT2D eigenvalue weighted by Crippen LogP contribution is -2.13. The lowest BCUT2D eigenvalue weighted by Gasteiger charge is -2.24. The lowest BCUT2D eigenvalue weighted by molar-refractivity contribution is 0.116. The van der Waals surface area contributed by atoms with Crippen molar-refractivity contribution in [3.05, 3.63) is 29.3 Å². The highest BCUT2D eigenvalue weighted by Crippen LogP contribution is 2.40. The molecule has 1 aromatic carbocycles. The maximum absolute atomic E-state index is 10.2. The van der Waals surface area contributed by atoms with E-state index in [0.29, 0.717) is 0 Å². The Balaban J connectivity index is 2.37. The zero-order valence-electron chi connectivity index (χ0n) is 10.3. The molecule has 0 radical (unpaired) electrons. The molecule has 1 aliphatic carbocycles. The smallest absolute Gasteiger partial charge is 0.119 e. The Morgan fingerprint density at radius 3 is 2.81 bits per heavy atom. The molecule has 2 heteroatoms. The molecule has 16 heavy (non-hydrogen) atoms. The molecule has 1 atom stereocenters. The third-order valence-electron chi connectivity index (χ3n) is 3.53. The number of benzene rings is 1. The van der Waals surface area contributed by atoms with E-state index in [9.17, 15) is 5.11 Å². The van der Waals surface area contributed by atoms with Crippen molar-refractivity contribution in [2.75, 3.05) is 7.11 Å². The van der Waals surface area contributed by atoms with E-state index in [-0.39, 0.29) is 11.5 Å². The standard InChI is InChI=1S/C14H20O2/c1-14(2)7-6-10-4-5-11(16-3)8-12(10)13(15)9-14/h4-5,8,13,15H,6-7,9H2,1-3H3. The largest absolute Gasteiger partial charge is 0.497 e. The van der Waals surface area contributed by atoms with Gasteiger partial charge in [-0.15, -0.1) is 0 Å². The highest BCUT2D eigenvalue weighted by molar-refractivity contribution is 5.38. The van der Waals surface area contributed by atoms with Gasteiger partial charge in [0.15, 0.2) is 0 Å². The number of aliphatic hydroxyl groups is 1. The summed E-state index contributed by atoms with van der Waals surface area (Å²) in [5.74, 6) is 0.831. The average Bonchev–Trinajstić information content (AvgIpc) is 2.35. The molecule has 1 unspecified atom stereocenters. The predicted octanol–water partition coefficient (Wildman–Crippen LogP) is 3.09. The number of fused-ring (bicyclic) bond motifs is 1. The summed E-state index contributed by atoms with van der Waals surface area (Å²) in [6, 6.07) is 6.03. The second-order valence-corrected chi connectivity index (χ2v) is 5.45. The number of aliphatic hydroxyl groups excluding tert-OH is 1. The highest BCUT2D eigenvalue weighted by Gasteiger charge is 2.28. The van der Waals surface area contributed by atoms with Gasteiger partial charge in [0.2, 0.25) is 0 Å². The van der Waals surface area contributed by atoms with Gasteiger partial charge in [0.1, 0.15) is 5.75 Å². The van der Waals surface area contributed by atoms with Crippen molar-refractivity contribution in [1.29, 1.82) is 0 Å². The molecule has 1 aliphatic rings. The van der Waals surface area contributed by atoms with Crippen LogP contribution in [0.1, 0.15) is 43.9 Å². The van der Waals surface area contributed by atoms with E-state index >= 15 is 0 Å². The normalized spacial score (nSPS) is 23.4. The monoisotopic (exact) mass is 220 g/mol. The van der Waals surface area contributed by atoms with E-state index in [0.717, 1.165) is 30.6 Å². The van der Waals surface area contributed by atoms with Crippen molar-refractivity contribution < 1.29 is 9.84 Å². The minimum Gasteiger partial charge on any atom is -0.497 e. The Bertz CT molecular complexity index is 382. The number of hydrogen-bond acceptors (Lipinski definition) is 2. The quantitative estimate of drug-likeness (QED) is 0.737. The van der Waals surface area contributed by atoms with Gasteiger partial charge in [0.05, 0.1) is 13.2 Å². The molecule has 88 valence electrons. The number of ether oxygens (including phenoxy) is 1. The summed E-state index contributed by atoms with van der Waals surface area (Å²) >= 11 is 0. The fourth-order valence-corrected chi connectivity index (χ4v) is 2.45. The van der Waals surface area contributed by atoms with E-state index in [4.69, 9.17) is 4.74 Å². The summed E-state index contributed by atoms with van der Waals surface area (Å²) in [4.78, 5) is 0. The minimum absolute atomic E-state index is 0.214. The van der Waals surface area contributed by atoms with Crippen molar-refractivity contribution in [2.24, 2.45) is 5.41 Å². The maximum Gasteiger partial charge on any atom is 0.119 e. The molecule has 0 saturated carbocycles. The van der Waals surface area contributed by atoms with Crippen LogP contribution in [0.25, 0.3) is 0 Å². The molecule has 0 heterocycles. The molecule has 0 saturated heterocycles. The molecule has 0 amide bonds. The number of methoxy groups -OCH3 is 1. The molecule has 1 aromatic rings. The summed E-state index contributed by atoms with van der Waals surface area (Å²) in [6.07, 6.45) is 2.64. The topological polar surface area (TPSA) is 29.5 Å². The van der Waals surface area contributed by atoms with E-state index in [2.05, 4.69) is 19.9 Å². The molecule has 0 fully saturated rings. The lowest BCUT2D eigenvalue weighted by atomic mass is 9.84. The van der Waals surface area contributed by atoms with E-state index in [1.165, 1.54) is 5.56 Å². The Labute approximate surface area is 97.3 Å². The highest BCUT2D eigenvalue weighted by atomic mass is 16.5. The first-order valence-electron chi connectivity index (χ1n) is 5.87. The second kappa shape index (κ2) is 4.10. The maximum atomic E-state index is 10.2. The Morgan fingerprint density at radius 2 is 2.12 bits per heavy atom. The molecular weight excluding hydrogens is 200 g/mol. The summed E-state index contributed by atoms with van der Waals surface area (Å²) in [5.41, 5.74) is 2.52. The Morgan fingerprint density at radius 1 is 1.38 bits per heavy atom. The number of hydrogen-bond donors (Lipinski definition) is 1. The van der Waals surface area contributed by atoms with Gasteiger partial charge in [0.25, 0.3) is 0 Å². The van der Waals surface area contributed by atoms with Gasteiger partial charge in [0, 0.05) is 0 Å². The summed E-state index contributed by atoms with van der Waals surface area (Å²) < 4.78 is 5.21. The van der Waals surface area contributed by atoms with Crippen LogP contribution < -0.4 is 4.74 Å². The first-order chi connectivity index (χ1) is 7.52. The molecule has 0 spiro atoms. The van der Waals surface area contributed by atoms with Crippen molar-refractivity contribution in [3.63, 3.8) is 0 Å². The first-order valence-corrected chi connectivity index (χ1v) is 5.87. The fourth-order valence-electron chi connectivity index (χ4n) is 2.45. The van der Waals surface area contributed by atoms with Crippen molar-refractivity contribution in [3.8, 4) is 5.75 Å². The van der Waals surface area contributed by atoms with Gasteiger partial charge in [-0.25, -0.2) is 0 Å². The SMILES string of the molecule is COc1ccc2c(c1)C(O)CC(C)(C)CC2. The molecule has 0 aromatic heterocycles. The van der Waals surface area contributed by atoms with E-state index in [1.807, 2.05) is 12.1 Å². The molecule has 0 aliphatic heterocycles. The van der Waals surface area contributed by atoms with Crippen LogP contribution >= 0.6 is 0 Å². The summed E-state index contributed by atoms with van der Waals surface area (Å²) in [5, 5.41) is 10.2. The van der Waals surface area contributed by atoms with Gasteiger partial charge >= 0.3 is 0 Å². The molecule has 0 bridgehead atoms. The fraction of sp³-hybridized carbons (Fsp3) is 0.571. The zero-order valence-corrected chi connectivity index (χ0v) is 10.3. The number of aryl methyl sites for hydroxylation is 1. The summed E-state index contributed by atoms with van der Waals surface area (Å²) in [7, 11) is 1.66. The Hall–Kier alpha value is -1.02. The van der Waals surface area contributed by atoms with Crippen LogP contribution in [0.15, 0.2) is 18.2 Å². The molecule has 2 nitrogen and oxygen atoms in total. The predicted molar refractivity (Wildman–Crippen MR) is 64.7 cm³/mol. The van der Waals surface area contributed by atoms with Crippen LogP contribution in [0.5, 0.6) is 5.75 Å². The van der Waals surface area contributed by atoms with Crippen molar-refractivity contribution >= 4 is 0 Å². The van der Waals surface area contributed by atoms with Crippen LogP contribution in [0, 0.1) is 5.41 Å². The summed E-state index contributed by atoms with van der Waals surface area (Å²) in [6.45, 7) is 4.44. The Kier molecular flexibility index (Phi) is 2.94. The zero-order chi connectivity index (χ0) is 11.8. The average molecular weight is 220 g/mol. The van der Waals surface area contributed by atoms with Gasteiger partial charge in [-0.05, 0) is 47.9 Å². The van der Waals surface area contributed by atoms with Crippen LogP contribution in [-0.2, 0) is 6.42 Å². The van der Waals surface area contributed by atoms with Crippen molar-refractivity contribution in [2.45, 2.75) is 39.2 Å². The van der Waals surface area contributed by atoms with Gasteiger partial charge in [-0.1, -0.05) is 19.9 Å². The van der Waals surface area contributed by atoms with Crippen molar-refractivity contribution in [1.82, 2.24) is 0 Å². The van der Waals surface area contributed by atoms with Gasteiger partial charge in [-0.2, -0.15) is 0 Å².